The van der Waals surface area contributed by atoms with Crippen molar-refractivity contribution in [2.75, 3.05) is 34.3 Å². The molecular weight excluding hydrogens is 552 g/mol. The highest BCUT2D eigenvalue weighted by atomic mass is 19.4. The van der Waals surface area contributed by atoms with Crippen LogP contribution in [-0.4, -0.2) is 37.4 Å². The fourth-order valence-electron chi connectivity index (χ4n) is 5.13. The number of rotatable bonds is 5. The minimum absolute atomic E-state index is 0.0806. The lowest BCUT2D eigenvalue weighted by Gasteiger charge is -2.40. The van der Waals surface area contributed by atoms with Crippen LogP contribution < -0.4 is 14.7 Å². The first-order valence-electron chi connectivity index (χ1n) is 12.8. The van der Waals surface area contributed by atoms with Crippen LogP contribution in [0.3, 0.4) is 0 Å². The Balaban J connectivity index is 1.45. The van der Waals surface area contributed by atoms with Crippen LogP contribution in [0.2, 0.25) is 0 Å². The monoisotopic (exact) mass is 573 g/mol. The molecule has 6 nitrogen and oxygen atoms in total. The summed E-state index contributed by atoms with van der Waals surface area (Å²) in [7, 11) is 0. The van der Waals surface area contributed by atoms with Crippen LogP contribution in [0.5, 0.6) is 0 Å². The van der Waals surface area contributed by atoms with Gasteiger partial charge in [-0.05, 0) is 47.0 Å². The number of alkyl halides is 6. The van der Waals surface area contributed by atoms with Gasteiger partial charge in [-0.3, -0.25) is 14.4 Å². The molecule has 3 aliphatic rings. The molecule has 3 aromatic carbocycles. The van der Waals surface area contributed by atoms with Crippen LogP contribution in [0.1, 0.15) is 30.4 Å². The molecule has 0 bridgehead atoms. The van der Waals surface area contributed by atoms with E-state index in [2.05, 4.69) is 0 Å². The van der Waals surface area contributed by atoms with E-state index in [-0.39, 0.29) is 34.9 Å². The van der Waals surface area contributed by atoms with Crippen LogP contribution >= 0.6 is 0 Å². The van der Waals surface area contributed by atoms with E-state index < -0.39 is 23.5 Å². The number of hydrogen-bond donors (Lipinski definition) is 0. The number of β-lactam (4-membered cyclic amide) rings is 3. The van der Waals surface area contributed by atoms with E-state index >= 15 is 0 Å². The van der Waals surface area contributed by atoms with Gasteiger partial charge in [0.15, 0.2) is 0 Å². The van der Waals surface area contributed by atoms with Gasteiger partial charge in [0, 0.05) is 44.5 Å². The number of anilines is 3. The Morgan fingerprint density at radius 3 is 1.29 bits per heavy atom. The van der Waals surface area contributed by atoms with Crippen molar-refractivity contribution in [3.63, 3.8) is 0 Å². The molecule has 3 fully saturated rings. The number of hydrogen-bond acceptors (Lipinski definition) is 3. The van der Waals surface area contributed by atoms with Gasteiger partial charge in [-0.25, -0.2) is 0 Å². The summed E-state index contributed by atoms with van der Waals surface area (Å²) in [6.07, 6.45) is -8.90. The first-order chi connectivity index (χ1) is 19.3. The van der Waals surface area contributed by atoms with Crippen LogP contribution in [0.4, 0.5) is 43.4 Å². The predicted octanol–water partition coefficient (Wildman–Crippen LogP) is 6.27. The fraction of sp³-hybridized carbons (Fsp3) is 0.276. The van der Waals surface area contributed by atoms with Crippen LogP contribution in [0.15, 0.2) is 54.6 Å². The van der Waals surface area contributed by atoms with Gasteiger partial charge in [-0.15, -0.1) is 0 Å². The van der Waals surface area contributed by atoms with Gasteiger partial charge < -0.3 is 14.7 Å². The molecule has 0 aromatic heterocycles. The molecule has 0 aliphatic carbocycles. The largest absolute Gasteiger partial charge is 0.416 e. The minimum atomic E-state index is -4.97. The van der Waals surface area contributed by atoms with Crippen LogP contribution in [0.25, 0.3) is 22.3 Å². The number of halogens is 6. The van der Waals surface area contributed by atoms with Gasteiger partial charge >= 0.3 is 12.4 Å². The van der Waals surface area contributed by atoms with Crippen molar-refractivity contribution in [1.29, 1.82) is 0 Å². The zero-order valence-electron chi connectivity index (χ0n) is 21.3. The topological polar surface area (TPSA) is 60.9 Å². The number of carbonyl (C=O) groups is 3. The van der Waals surface area contributed by atoms with Crippen molar-refractivity contribution in [1.82, 2.24) is 0 Å². The summed E-state index contributed by atoms with van der Waals surface area (Å²) >= 11 is 0. The summed E-state index contributed by atoms with van der Waals surface area (Å²) in [6.45, 7) is 1.35. The summed E-state index contributed by atoms with van der Waals surface area (Å²) in [5, 5.41) is 0. The van der Waals surface area contributed by atoms with Crippen molar-refractivity contribution >= 4 is 34.8 Å². The van der Waals surface area contributed by atoms with Gasteiger partial charge in [0.2, 0.25) is 17.7 Å². The first kappa shape index (κ1) is 26.9. The summed E-state index contributed by atoms with van der Waals surface area (Å²) in [5.74, 6) is -0.380. The number of benzene rings is 3. The molecular formula is C29H21F6N3O3. The van der Waals surface area contributed by atoms with Crippen LogP contribution in [0, 0.1) is 0 Å². The van der Waals surface area contributed by atoms with E-state index in [1.807, 2.05) is 0 Å². The number of nitrogens with zero attached hydrogens (tertiary/aromatic N) is 3. The third kappa shape index (κ3) is 4.70. The van der Waals surface area contributed by atoms with Crippen molar-refractivity contribution < 1.29 is 40.7 Å². The average Bonchev–Trinajstić information content (AvgIpc) is 2.90. The highest BCUT2D eigenvalue weighted by Crippen LogP contribution is 2.46. The van der Waals surface area contributed by atoms with Crippen molar-refractivity contribution in [2.24, 2.45) is 0 Å². The zero-order chi connectivity index (χ0) is 29.3. The SMILES string of the molecule is O=C1CCN1c1cc(N2CCC2=O)c(N2CCC2=O)cc1-c1ccc(-c2cc(C(F)(F)F)cc(C(F)(F)F)c2)cc1. The smallest absolute Gasteiger partial charge is 0.311 e. The van der Waals surface area contributed by atoms with E-state index in [4.69, 9.17) is 0 Å². The Bertz CT molecular complexity index is 1560. The Morgan fingerprint density at radius 2 is 0.902 bits per heavy atom. The molecule has 3 amide bonds. The third-order valence-corrected chi connectivity index (χ3v) is 7.63. The molecule has 3 saturated heterocycles. The molecule has 0 radical (unpaired) electrons. The molecule has 3 aliphatic heterocycles. The molecule has 0 unspecified atom stereocenters. The van der Waals surface area contributed by atoms with Crippen molar-refractivity contribution in [3.8, 4) is 22.3 Å². The lowest BCUT2D eigenvalue weighted by molar-refractivity contribution is -0.143. The molecule has 12 heteroatoms. The Hall–Kier alpha value is -4.35. The minimum Gasteiger partial charge on any atom is -0.311 e. The third-order valence-electron chi connectivity index (χ3n) is 7.63. The normalized spacial score (nSPS) is 17.4. The maximum Gasteiger partial charge on any atom is 0.416 e. The van der Waals surface area contributed by atoms with Gasteiger partial charge in [0.1, 0.15) is 0 Å². The van der Waals surface area contributed by atoms with Crippen molar-refractivity contribution in [2.45, 2.75) is 31.6 Å². The zero-order valence-corrected chi connectivity index (χ0v) is 21.3. The Labute approximate surface area is 229 Å². The molecule has 0 spiro atoms. The second-order valence-electron chi connectivity index (χ2n) is 10.1. The van der Waals surface area contributed by atoms with E-state index in [1.54, 1.807) is 39.0 Å². The highest BCUT2D eigenvalue weighted by molar-refractivity contribution is 6.11. The second kappa shape index (κ2) is 9.35. The lowest BCUT2D eigenvalue weighted by Crippen LogP contribution is -2.48. The van der Waals surface area contributed by atoms with Crippen molar-refractivity contribution in [3.05, 3.63) is 65.7 Å². The second-order valence-corrected chi connectivity index (χ2v) is 10.1. The number of carbonyl (C=O) groups excluding carboxylic acids is 3. The summed E-state index contributed by atoms with van der Waals surface area (Å²) in [6, 6.07) is 10.7. The fourth-order valence-corrected chi connectivity index (χ4v) is 5.13. The lowest BCUT2D eigenvalue weighted by atomic mass is 9.94. The van der Waals surface area contributed by atoms with E-state index in [1.165, 1.54) is 12.1 Å². The van der Waals surface area contributed by atoms with Gasteiger partial charge in [-0.1, -0.05) is 24.3 Å². The van der Waals surface area contributed by atoms with Gasteiger partial charge in [-0.2, -0.15) is 26.3 Å². The summed E-state index contributed by atoms with van der Waals surface area (Å²) in [4.78, 5) is 41.8. The standard InChI is InChI=1S/C29H21F6N3O3/c30-28(31,32)19-11-18(12-20(13-19)29(33,34)35)16-1-3-17(4-2-16)21-14-23(37-9-6-26(37)40)24(38-10-7-27(38)41)15-22(21)36-8-5-25(36)39/h1-4,11-15H,5-10H2. The summed E-state index contributed by atoms with van der Waals surface area (Å²) in [5.41, 5.74) is -0.374. The maximum atomic E-state index is 13.4. The van der Waals surface area contributed by atoms with Gasteiger partial charge in [0.05, 0.1) is 28.2 Å². The molecule has 3 heterocycles. The summed E-state index contributed by atoms with van der Waals surface area (Å²) < 4.78 is 80.3. The predicted molar refractivity (Wildman–Crippen MR) is 138 cm³/mol. The molecule has 0 atom stereocenters. The van der Waals surface area contributed by atoms with E-state index in [0.717, 1.165) is 0 Å². The highest BCUT2D eigenvalue weighted by Gasteiger charge is 2.38. The molecule has 0 saturated carbocycles. The quantitative estimate of drug-likeness (QED) is 0.267. The van der Waals surface area contributed by atoms with E-state index in [0.29, 0.717) is 79.2 Å². The molecule has 212 valence electrons. The maximum absolute atomic E-state index is 13.4. The Morgan fingerprint density at radius 1 is 0.488 bits per heavy atom. The van der Waals surface area contributed by atoms with E-state index in [9.17, 15) is 40.7 Å². The molecule has 0 N–H and O–H groups in total. The Kier molecular flexibility index (Phi) is 6.13. The average molecular weight is 573 g/mol. The van der Waals surface area contributed by atoms with Crippen LogP contribution in [-0.2, 0) is 26.7 Å². The van der Waals surface area contributed by atoms with Gasteiger partial charge in [0.25, 0.3) is 0 Å². The molecule has 41 heavy (non-hydrogen) atoms. The molecule has 6 rings (SSSR count). The first-order valence-corrected chi connectivity index (χ1v) is 12.8. The molecule has 3 aromatic rings. The number of amides is 3.